The Bertz CT molecular complexity index is 1430. The largest absolute Gasteiger partial charge is 0.496 e. The molecule has 2 aromatic rings. The van der Waals surface area contributed by atoms with Crippen LogP contribution in [-0.4, -0.2) is 79.5 Å². The molecule has 1 saturated heterocycles. The second-order valence-corrected chi connectivity index (χ2v) is 12.4. The molecule has 2 aliphatic heterocycles. The fourth-order valence-corrected chi connectivity index (χ4v) is 6.07. The highest BCUT2D eigenvalue weighted by atomic mass is 16.5. The predicted octanol–water partition coefficient (Wildman–Crippen LogP) is 3.04. The number of amides is 4. The standard InChI is InChI=1S/C36H49N5O6/c1-7-22(3)30-34(43)38-18-16-25-21-26(14-15-28(25)46-6)47-29-17-19-41(32(29)35(44)39-30)36(45)31(23(4)8-2)40-33(42)27(37-5)20-24-12-10-9-11-13-24/h9-16,18,21-23,27,29-32,37H,7-8,17,19-20H2,1-6H3,(H,38,43)(H,39,44)(H,40,42)/t22-,23-,27-,29-,30-,31-,32-/m0/s1. The molecule has 2 heterocycles. The number of benzene rings is 2. The van der Waals surface area contributed by atoms with Gasteiger partial charge in [0.25, 0.3) is 0 Å². The Kier molecular flexibility index (Phi) is 12.4. The second-order valence-electron chi connectivity index (χ2n) is 12.4. The zero-order valence-corrected chi connectivity index (χ0v) is 28.2. The smallest absolute Gasteiger partial charge is 0.247 e. The minimum absolute atomic E-state index is 0.187. The molecule has 0 radical (unpaired) electrons. The lowest BCUT2D eigenvalue weighted by atomic mass is 9.95. The average Bonchev–Trinajstić information content (AvgIpc) is 3.50. The van der Waals surface area contributed by atoms with Crippen molar-refractivity contribution in [3.8, 4) is 11.5 Å². The van der Waals surface area contributed by atoms with Crippen molar-refractivity contribution in [3.63, 3.8) is 0 Å². The van der Waals surface area contributed by atoms with E-state index in [1.807, 2.05) is 58.0 Å². The topological polar surface area (TPSA) is 138 Å². The van der Waals surface area contributed by atoms with Gasteiger partial charge in [0.05, 0.1) is 13.2 Å². The number of carbonyl (C=O) groups is 4. The third-order valence-electron chi connectivity index (χ3n) is 9.39. The Hall–Kier alpha value is -4.38. The number of likely N-dealkylation sites (tertiary alicyclic amines) is 1. The van der Waals surface area contributed by atoms with E-state index in [1.165, 1.54) is 11.1 Å². The zero-order chi connectivity index (χ0) is 34.1. The van der Waals surface area contributed by atoms with Gasteiger partial charge in [-0.3, -0.25) is 19.2 Å². The highest BCUT2D eigenvalue weighted by Crippen LogP contribution is 2.30. The summed E-state index contributed by atoms with van der Waals surface area (Å²) in [5.74, 6) is -0.827. The van der Waals surface area contributed by atoms with Crippen LogP contribution in [0.5, 0.6) is 11.5 Å². The SMILES string of the molecule is CC[C@H](C)[C@@H]1NC(=O)[C@@H]2[C@H](CCN2C(=O)[C@@H](NC(=O)[C@H](Cc2ccccc2)NC)[C@@H](C)CC)Oc2ccc(OC)c(c2)C=CNC1=O. The van der Waals surface area contributed by atoms with Crippen molar-refractivity contribution in [2.75, 3.05) is 20.7 Å². The predicted molar refractivity (Wildman–Crippen MR) is 180 cm³/mol. The van der Waals surface area contributed by atoms with Gasteiger partial charge in [-0.15, -0.1) is 0 Å². The van der Waals surface area contributed by atoms with E-state index in [2.05, 4.69) is 21.3 Å². The Balaban J connectivity index is 1.66. The molecule has 0 aliphatic carbocycles. The monoisotopic (exact) mass is 647 g/mol. The van der Waals surface area contributed by atoms with Gasteiger partial charge in [0, 0.05) is 24.7 Å². The molecule has 4 amide bonds. The molecule has 47 heavy (non-hydrogen) atoms. The van der Waals surface area contributed by atoms with E-state index in [1.54, 1.807) is 38.4 Å². The highest BCUT2D eigenvalue weighted by molar-refractivity contribution is 5.96. The van der Waals surface area contributed by atoms with Crippen LogP contribution in [-0.2, 0) is 25.6 Å². The molecule has 2 bridgehead atoms. The minimum Gasteiger partial charge on any atom is -0.496 e. The van der Waals surface area contributed by atoms with Crippen LogP contribution in [0.4, 0.5) is 0 Å². The van der Waals surface area contributed by atoms with Gasteiger partial charge in [0.15, 0.2) is 0 Å². The first-order chi connectivity index (χ1) is 22.6. The maximum absolute atomic E-state index is 14.4. The van der Waals surface area contributed by atoms with Gasteiger partial charge in [-0.25, -0.2) is 0 Å². The summed E-state index contributed by atoms with van der Waals surface area (Å²) in [5.41, 5.74) is 1.67. The molecule has 2 aliphatic rings. The van der Waals surface area contributed by atoms with Crippen LogP contribution in [0.25, 0.3) is 6.08 Å². The Labute approximate surface area is 277 Å². The van der Waals surface area contributed by atoms with Crippen LogP contribution in [0, 0.1) is 11.8 Å². The van der Waals surface area contributed by atoms with Crippen molar-refractivity contribution in [2.24, 2.45) is 11.8 Å². The number of nitrogens with zero attached hydrogens (tertiary/aromatic N) is 1. The summed E-state index contributed by atoms with van der Waals surface area (Å²) in [4.78, 5) is 57.0. The van der Waals surface area contributed by atoms with Crippen molar-refractivity contribution in [1.82, 2.24) is 26.2 Å². The number of hydrogen-bond donors (Lipinski definition) is 4. The molecule has 0 unspecified atom stereocenters. The van der Waals surface area contributed by atoms with E-state index in [-0.39, 0.29) is 36.1 Å². The van der Waals surface area contributed by atoms with Crippen molar-refractivity contribution >= 4 is 29.7 Å². The number of nitrogens with one attached hydrogen (secondary N) is 4. The summed E-state index contributed by atoms with van der Waals surface area (Å²) in [5, 5.41) is 11.8. The quantitative estimate of drug-likeness (QED) is 0.294. The molecule has 0 saturated carbocycles. The van der Waals surface area contributed by atoms with Crippen LogP contribution < -0.4 is 30.7 Å². The van der Waals surface area contributed by atoms with Gasteiger partial charge in [-0.05, 0) is 55.1 Å². The van der Waals surface area contributed by atoms with E-state index in [0.29, 0.717) is 42.7 Å². The summed E-state index contributed by atoms with van der Waals surface area (Å²) < 4.78 is 11.9. The lowest BCUT2D eigenvalue weighted by Gasteiger charge is -2.34. The molecule has 2 aromatic carbocycles. The van der Waals surface area contributed by atoms with E-state index in [4.69, 9.17) is 9.47 Å². The van der Waals surface area contributed by atoms with Gasteiger partial charge in [-0.1, -0.05) is 70.9 Å². The van der Waals surface area contributed by atoms with Gasteiger partial charge in [-0.2, -0.15) is 0 Å². The van der Waals surface area contributed by atoms with E-state index >= 15 is 0 Å². The van der Waals surface area contributed by atoms with Crippen LogP contribution in [0.2, 0.25) is 0 Å². The van der Waals surface area contributed by atoms with Crippen LogP contribution >= 0.6 is 0 Å². The van der Waals surface area contributed by atoms with Crippen LogP contribution in [0.1, 0.15) is 58.1 Å². The number of likely N-dealkylation sites (N-methyl/N-ethyl adjacent to an activating group) is 1. The number of hydrogen-bond acceptors (Lipinski definition) is 7. The third-order valence-corrected chi connectivity index (χ3v) is 9.39. The van der Waals surface area contributed by atoms with E-state index < -0.39 is 36.2 Å². The highest BCUT2D eigenvalue weighted by Gasteiger charge is 2.47. The van der Waals surface area contributed by atoms with Crippen molar-refractivity contribution in [1.29, 1.82) is 0 Å². The fraction of sp³-hybridized carbons (Fsp3) is 0.500. The molecule has 11 nitrogen and oxygen atoms in total. The zero-order valence-electron chi connectivity index (χ0n) is 28.2. The number of methoxy groups -OCH3 is 1. The maximum Gasteiger partial charge on any atom is 0.247 e. The summed E-state index contributed by atoms with van der Waals surface area (Å²) in [6.07, 6.45) is 4.65. The van der Waals surface area contributed by atoms with Gasteiger partial charge in [0.2, 0.25) is 23.6 Å². The molecule has 0 aromatic heterocycles. The summed E-state index contributed by atoms with van der Waals surface area (Å²) >= 11 is 0. The number of carbonyl (C=O) groups excluding carboxylic acids is 4. The lowest BCUT2D eigenvalue weighted by Crippen LogP contribution is -2.61. The van der Waals surface area contributed by atoms with E-state index in [0.717, 1.165) is 5.56 Å². The van der Waals surface area contributed by atoms with Crippen LogP contribution in [0.3, 0.4) is 0 Å². The molecular formula is C36H49N5O6. The Morgan fingerprint density at radius 3 is 2.47 bits per heavy atom. The number of fused-ring (bicyclic) bond motifs is 3. The first-order valence-corrected chi connectivity index (χ1v) is 16.6. The third kappa shape index (κ3) is 8.51. The fourth-order valence-electron chi connectivity index (χ4n) is 6.07. The van der Waals surface area contributed by atoms with Gasteiger partial charge in [0.1, 0.15) is 35.7 Å². The Morgan fingerprint density at radius 1 is 1.06 bits per heavy atom. The van der Waals surface area contributed by atoms with Crippen molar-refractivity contribution in [3.05, 3.63) is 65.9 Å². The average molecular weight is 648 g/mol. The maximum atomic E-state index is 14.4. The van der Waals surface area contributed by atoms with E-state index in [9.17, 15) is 19.2 Å². The minimum atomic E-state index is -1.03. The number of ether oxygens (including phenoxy) is 2. The van der Waals surface area contributed by atoms with Gasteiger partial charge < -0.3 is 35.6 Å². The van der Waals surface area contributed by atoms with Crippen molar-refractivity contribution in [2.45, 2.75) is 83.6 Å². The van der Waals surface area contributed by atoms with Crippen LogP contribution in [0.15, 0.2) is 54.7 Å². The summed E-state index contributed by atoms with van der Waals surface area (Å²) in [6, 6.07) is 11.6. The second kappa shape index (κ2) is 16.4. The summed E-state index contributed by atoms with van der Waals surface area (Å²) in [6.45, 7) is 7.96. The Morgan fingerprint density at radius 2 is 1.81 bits per heavy atom. The molecule has 1 fully saturated rings. The first-order valence-electron chi connectivity index (χ1n) is 16.6. The molecule has 0 spiro atoms. The number of rotatable bonds is 11. The molecule has 7 atom stereocenters. The normalized spacial score (nSPS) is 22.1. The van der Waals surface area contributed by atoms with Crippen molar-refractivity contribution < 1.29 is 28.7 Å². The molecular weight excluding hydrogens is 598 g/mol. The van der Waals surface area contributed by atoms with Gasteiger partial charge >= 0.3 is 0 Å². The lowest BCUT2D eigenvalue weighted by molar-refractivity contribution is -0.145. The first kappa shape index (κ1) is 35.5. The molecule has 4 N–H and O–H groups in total. The molecule has 11 heteroatoms. The molecule has 4 rings (SSSR count). The molecule has 254 valence electrons. The summed E-state index contributed by atoms with van der Waals surface area (Å²) in [7, 11) is 3.28.